The lowest BCUT2D eigenvalue weighted by Crippen LogP contribution is -2.55. The molecule has 0 radical (unpaired) electrons. The quantitative estimate of drug-likeness (QED) is 0.388. The van der Waals surface area contributed by atoms with Gasteiger partial charge in [0.05, 0.1) is 16.6 Å². The first-order chi connectivity index (χ1) is 17.0. The molecule has 2 atom stereocenters. The van der Waals surface area contributed by atoms with E-state index in [1.807, 2.05) is 6.92 Å². The summed E-state index contributed by atoms with van der Waals surface area (Å²) >= 11 is 7.10. The van der Waals surface area contributed by atoms with Gasteiger partial charge in [0.25, 0.3) is 0 Å². The van der Waals surface area contributed by atoms with Gasteiger partial charge in [-0.2, -0.15) is 4.72 Å². The third kappa shape index (κ3) is 8.52. The Morgan fingerprint density at radius 1 is 1.19 bits per heavy atom. The van der Waals surface area contributed by atoms with E-state index in [1.54, 1.807) is 17.0 Å². The van der Waals surface area contributed by atoms with E-state index in [9.17, 15) is 26.4 Å². The van der Waals surface area contributed by atoms with E-state index in [0.29, 0.717) is 48.0 Å². The molecule has 0 saturated carbocycles. The molecular formula is C22H33ClN4O6S3. The maximum atomic E-state index is 13.0. The zero-order chi connectivity index (χ0) is 26.3. The average molecular weight is 581 g/mol. The van der Waals surface area contributed by atoms with Crippen molar-refractivity contribution in [2.24, 2.45) is 0 Å². The van der Waals surface area contributed by atoms with Gasteiger partial charge in [-0.05, 0) is 50.3 Å². The highest BCUT2D eigenvalue weighted by molar-refractivity contribution is 7.92. The summed E-state index contributed by atoms with van der Waals surface area (Å²) < 4.78 is 54.8. The number of unbranched alkanes of at least 4 members (excludes halogenated alkanes) is 1. The Balaban J connectivity index is 1.55. The number of carbonyl (C=O) groups excluding carboxylic acids is 2. The Morgan fingerprint density at radius 3 is 2.64 bits per heavy atom. The minimum Gasteiger partial charge on any atom is -0.337 e. The number of carbonyl (C=O) groups is 2. The zero-order valence-electron chi connectivity index (χ0n) is 20.2. The van der Waals surface area contributed by atoms with Crippen LogP contribution in [0.5, 0.6) is 0 Å². The van der Waals surface area contributed by atoms with E-state index in [4.69, 9.17) is 11.6 Å². The number of piperidine rings is 1. The van der Waals surface area contributed by atoms with E-state index >= 15 is 0 Å². The first-order valence-corrected chi connectivity index (χ1v) is 16.4. The third-order valence-electron chi connectivity index (χ3n) is 6.17. The van der Waals surface area contributed by atoms with Crippen molar-refractivity contribution in [2.75, 3.05) is 31.9 Å². The Bertz CT molecular complexity index is 1170. The fraction of sp³-hybridized carbons (Fsp3) is 0.636. The molecule has 202 valence electrons. The predicted molar refractivity (Wildman–Crippen MR) is 141 cm³/mol. The normalized spacial score (nSPS) is 21.6. The van der Waals surface area contributed by atoms with E-state index < -0.39 is 32.0 Å². The average Bonchev–Trinajstić information content (AvgIpc) is 3.46. The number of nitrogens with one attached hydrogen (secondary N) is 2. The van der Waals surface area contributed by atoms with Crippen LogP contribution in [0.1, 0.15) is 50.3 Å². The lowest BCUT2D eigenvalue weighted by atomic mass is 10.1. The number of rotatable bonds is 12. The highest BCUT2D eigenvalue weighted by Gasteiger charge is 2.35. The molecule has 2 aliphatic rings. The molecule has 0 bridgehead atoms. The van der Waals surface area contributed by atoms with Gasteiger partial charge in [-0.25, -0.2) is 21.6 Å². The van der Waals surface area contributed by atoms with Gasteiger partial charge >= 0.3 is 0 Å². The van der Waals surface area contributed by atoms with Crippen molar-refractivity contribution in [2.45, 2.75) is 57.5 Å². The van der Waals surface area contributed by atoms with Crippen LogP contribution in [0.2, 0.25) is 4.34 Å². The molecule has 2 saturated heterocycles. The molecule has 0 spiro atoms. The molecule has 0 aliphatic carbocycles. The van der Waals surface area contributed by atoms with Crippen molar-refractivity contribution in [1.29, 1.82) is 0 Å². The molecule has 10 nitrogen and oxygen atoms in total. The standard InChI is InChI=1S/C22H33ClN4O6S3/c1-2-3-13-35(30,31)24-15-17-6-4-12-27(17)21(28)16-26-11-5-7-19(22(26)29)25-36(32,33)14-10-18-8-9-20(23)34-18/h8-10,14,17,19,24-25H,2-7,11-13,15-16H2,1H3/t17-,19-/m0/s1. The molecule has 14 heteroatoms. The number of amides is 2. The van der Waals surface area contributed by atoms with Crippen LogP contribution < -0.4 is 9.44 Å². The smallest absolute Gasteiger partial charge is 0.242 e. The third-order valence-corrected chi connectivity index (χ3v) is 9.91. The van der Waals surface area contributed by atoms with Crippen LogP contribution in [0.3, 0.4) is 0 Å². The van der Waals surface area contributed by atoms with Crippen molar-refractivity contribution in [3.8, 4) is 0 Å². The SMILES string of the molecule is CCCCS(=O)(=O)NC[C@@H]1CCCN1C(=O)CN1CCC[C@H](NS(=O)(=O)C=Cc2ccc(Cl)s2)C1=O. The van der Waals surface area contributed by atoms with Gasteiger partial charge in [0.2, 0.25) is 31.9 Å². The molecular weight excluding hydrogens is 548 g/mol. The lowest BCUT2D eigenvalue weighted by Gasteiger charge is -2.34. The number of halogens is 1. The minimum absolute atomic E-state index is 0.0556. The van der Waals surface area contributed by atoms with Gasteiger partial charge in [0.15, 0.2) is 0 Å². The largest absolute Gasteiger partial charge is 0.337 e. The van der Waals surface area contributed by atoms with Gasteiger partial charge in [-0.1, -0.05) is 24.9 Å². The highest BCUT2D eigenvalue weighted by atomic mass is 35.5. The number of thiophene rings is 1. The van der Waals surface area contributed by atoms with Crippen molar-refractivity contribution in [1.82, 2.24) is 19.2 Å². The Morgan fingerprint density at radius 2 is 1.94 bits per heavy atom. The second-order valence-corrected chi connectivity index (χ2v) is 14.2. The molecule has 0 unspecified atom stereocenters. The number of hydrogen-bond acceptors (Lipinski definition) is 7. The van der Waals surface area contributed by atoms with Crippen LogP contribution in [0.4, 0.5) is 0 Å². The summed E-state index contributed by atoms with van der Waals surface area (Å²) in [6.45, 7) is 2.75. The molecule has 1 aromatic rings. The summed E-state index contributed by atoms with van der Waals surface area (Å²) in [6.07, 6.45) is 5.09. The minimum atomic E-state index is -3.88. The molecule has 3 heterocycles. The molecule has 2 amide bonds. The van der Waals surface area contributed by atoms with Crippen LogP contribution in [-0.4, -0.2) is 82.5 Å². The van der Waals surface area contributed by atoms with Gasteiger partial charge < -0.3 is 9.80 Å². The second-order valence-electron chi connectivity index (χ2n) is 8.97. The number of likely N-dealkylation sites (tertiary alicyclic amines) is 2. The van der Waals surface area contributed by atoms with E-state index in [-0.39, 0.29) is 30.8 Å². The van der Waals surface area contributed by atoms with Gasteiger partial charge in [0, 0.05) is 36.0 Å². The van der Waals surface area contributed by atoms with Crippen molar-refractivity contribution in [3.63, 3.8) is 0 Å². The molecule has 36 heavy (non-hydrogen) atoms. The van der Waals surface area contributed by atoms with Crippen LogP contribution in [-0.2, 0) is 29.6 Å². The fourth-order valence-corrected chi connectivity index (χ4v) is 7.61. The molecule has 2 aliphatic heterocycles. The van der Waals surface area contributed by atoms with E-state index in [1.165, 1.54) is 22.3 Å². The van der Waals surface area contributed by atoms with E-state index in [2.05, 4.69) is 9.44 Å². The maximum Gasteiger partial charge on any atom is 0.242 e. The predicted octanol–water partition coefficient (Wildman–Crippen LogP) is 1.99. The molecule has 2 fully saturated rings. The Hall–Kier alpha value is -1.51. The maximum absolute atomic E-state index is 13.0. The summed E-state index contributed by atoms with van der Waals surface area (Å²) in [6, 6.07) is 2.14. The molecule has 0 aromatic carbocycles. The van der Waals surface area contributed by atoms with Crippen molar-refractivity contribution < 1.29 is 26.4 Å². The first kappa shape index (κ1) is 29.1. The second kappa shape index (κ2) is 12.8. The van der Waals surface area contributed by atoms with Crippen LogP contribution in [0.15, 0.2) is 17.5 Å². The summed E-state index contributed by atoms with van der Waals surface area (Å²) in [5.74, 6) is -0.654. The van der Waals surface area contributed by atoms with Gasteiger partial charge in [-0.15, -0.1) is 11.3 Å². The highest BCUT2D eigenvalue weighted by Crippen LogP contribution is 2.23. The van der Waals surface area contributed by atoms with Crippen molar-refractivity contribution >= 4 is 60.9 Å². The molecule has 3 rings (SSSR count). The summed E-state index contributed by atoms with van der Waals surface area (Å²) in [5, 5.41) is 1.00. The van der Waals surface area contributed by atoms with Crippen LogP contribution >= 0.6 is 22.9 Å². The molecule has 2 N–H and O–H groups in total. The van der Waals surface area contributed by atoms with Gasteiger partial charge in [0.1, 0.15) is 6.04 Å². The van der Waals surface area contributed by atoms with Crippen LogP contribution in [0, 0.1) is 0 Å². The van der Waals surface area contributed by atoms with Crippen LogP contribution in [0.25, 0.3) is 6.08 Å². The number of nitrogens with zero attached hydrogens (tertiary/aromatic N) is 2. The fourth-order valence-electron chi connectivity index (χ4n) is 4.28. The lowest BCUT2D eigenvalue weighted by molar-refractivity contribution is -0.143. The summed E-state index contributed by atoms with van der Waals surface area (Å²) in [5.41, 5.74) is 0. The molecule has 1 aromatic heterocycles. The Labute approximate surface area is 222 Å². The zero-order valence-corrected chi connectivity index (χ0v) is 23.4. The number of sulfonamides is 2. The Kier molecular flexibility index (Phi) is 10.4. The van der Waals surface area contributed by atoms with E-state index in [0.717, 1.165) is 18.2 Å². The topological polar surface area (TPSA) is 133 Å². The van der Waals surface area contributed by atoms with Crippen molar-refractivity contribution in [3.05, 3.63) is 26.8 Å². The van der Waals surface area contributed by atoms with Gasteiger partial charge in [-0.3, -0.25) is 9.59 Å². The summed E-state index contributed by atoms with van der Waals surface area (Å²) in [7, 11) is -7.27. The monoisotopic (exact) mass is 580 g/mol. The first-order valence-electron chi connectivity index (χ1n) is 12.0. The number of hydrogen-bond donors (Lipinski definition) is 2. The summed E-state index contributed by atoms with van der Waals surface area (Å²) in [4.78, 5) is 29.6.